The Balaban J connectivity index is 2.77. The van der Waals surface area contributed by atoms with Gasteiger partial charge in [0, 0.05) is 0 Å². The highest BCUT2D eigenvalue weighted by Crippen LogP contribution is 2.22. The lowest BCUT2D eigenvalue weighted by atomic mass is 9.94. The Kier molecular flexibility index (Phi) is 3.89. The van der Waals surface area contributed by atoms with E-state index in [4.69, 9.17) is 0 Å². The first-order valence-electron chi connectivity index (χ1n) is 4.86. The van der Waals surface area contributed by atoms with Crippen molar-refractivity contribution in [1.29, 1.82) is 0 Å². The number of aliphatic hydroxyl groups is 1. The number of ether oxygens (including phenoxy) is 1. The van der Waals surface area contributed by atoms with E-state index in [0.717, 1.165) is 18.4 Å². The Morgan fingerprint density at radius 2 is 2.43 bits per heavy atom. The molecule has 3 heteroatoms. The van der Waals surface area contributed by atoms with Crippen molar-refractivity contribution in [3.8, 4) is 0 Å². The van der Waals surface area contributed by atoms with Crippen molar-refractivity contribution >= 4 is 5.97 Å². The van der Waals surface area contributed by atoms with Gasteiger partial charge in [-0.3, -0.25) is 0 Å². The van der Waals surface area contributed by atoms with E-state index >= 15 is 0 Å². The van der Waals surface area contributed by atoms with Crippen molar-refractivity contribution in [1.82, 2.24) is 0 Å². The lowest BCUT2D eigenvalue weighted by Crippen LogP contribution is -2.16. The van der Waals surface area contributed by atoms with E-state index in [9.17, 15) is 9.90 Å². The van der Waals surface area contributed by atoms with Crippen LogP contribution in [0.1, 0.15) is 26.2 Å². The zero-order valence-electron chi connectivity index (χ0n) is 8.62. The largest absolute Gasteiger partial charge is 0.465 e. The molecule has 0 heterocycles. The van der Waals surface area contributed by atoms with Crippen LogP contribution < -0.4 is 0 Å². The molecule has 1 rings (SSSR count). The third-order valence-corrected chi connectivity index (χ3v) is 2.29. The average molecular weight is 196 g/mol. The van der Waals surface area contributed by atoms with Crippen LogP contribution in [0, 0.1) is 0 Å². The van der Waals surface area contributed by atoms with Gasteiger partial charge in [0.05, 0.1) is 18.8 Å². The molecule has 0 fully saturated rings. The van der Waals surface area contributed by atoms with Gasteiger partial charge in [0.15, 0.2) is 0 Å². The molecule has 1 aliphatic carbocycles. The molecular formula is C11H16O3. The number of methoxy groups -OCH3 is 1. The summed E-state index contributed by atoms with van der Waals surface area (Å²) in [4.78, 5) is 11.2. The summed E-state index contributed by atoms with van der Waals surface area (Å²) < 4.78 is 4.62. The van der Waals surface area contributed by atoms with Crippen LogP contribution in [0.25, 0.3) is 0 Å². The molecule has 0 spiro atoms. The van der Waals surface area contributed by atoms with Crippen LogP contribution in [0.2, 0.25) is 0 Å². The number of hydrogen-bond donors (Lipinski definition) is 1. The highest BCUT2D eigenvalue weighted by atomic mass is 16.5. The Morgan fingerprint density at radius 1 is 1.71 bits per heavy atom. The molecular weight excluding hydrogens is 180 g/mol. The molecule has 0 aliphatic heterocycles. The first-order chi connectivity index (χ1) is 6.69. The quantitative estimate of drug-likeness (QED) is 0.697. The highest BCUT2D eigenvalue weighted by Gasteiger charge is 2.18. The van der Waals surface area contributed by atoms with E-state index in [1.807, 2.05) is 6.92 Å². The highest BCUT2D eigenvalue weighted by molar-refractivity contribution is 5.92. The topological polar surface area (TPSA) is 46.5 Å². The first kappa shape index (κ1) is 11.0. The molecule has 0 saturated heterocycles. The van der Waals surface area contributed by atoms with Gasteiger partial charge in [-0.05, 0) is 24.5 Å². The van der Waals surface area contributed by atoms with Crippen molar-refractivity contribution in [3.05, 3.63) is 23.3 Å². The summed E-state index contributed by atoms with van der Waals surface area (Å²) in [6, 6.07) is 0. The van der Waals surface area contributed by atoms with Crippen molar-refractivity contribution < 1.29 is 14.6 Å². The van der Waals surface area contributed by atoms with Gasteiger partial charge in [0.1, 0.15) is 0 Å². The first-order valence-corrected chi connectivity index (χ1v) is 4.86. The molecule has 0 saturated carbocycles. The summed E-state index contributed by atoms with van der Waals surface area (Å²) >= 11 is 0. The fourth-order valence-electron chi connectivity index (χ4n) is 1.53. The van der Waals surface area contributed by atoms with Gasteiger partial charge in [0.25, 0.3) is 0 Å². The van der Waals surface area contributed by atoms with Gasteiger partial charge in [-0.2, -0.15) is 0 Å². The third kappa shape index (κ3) is 2.45. The van der Waals surface area contributed by atoms with Gasteiger partial charge in [-0.25, -0.2) is 4.79 Å². The van der Waals surface area contributed by atoms with Crippen LogP contribution in [0.15, 0.2) is 23.3 Å². The number of carbonyl (C=O) groups is 1. The fourth-order valence-corrected chi connectivity index (χ4v) is 1.53. The summed E-state index contributed by atoms with van der Waals surface area (Å²) in [5.74, 6) is -0.328. The minimum atomic E-state index is -0.427. The molecule has 0 aromatic carbocycles. The monoisotopic (exact) mass is 196 g/mol. The second-order valence-electron chi connectivity index (χ2n) is 3.37. The van der Waals surface area contributed by atoms with Crippen LogP contribution in [0.5, 0.6) is 0 Å². The van der Waals surface area contributed by atoms with Crippen LogP contribution in [-0.2, 0) is 9.53 Å². The lowest BCUT2D eigenvalue weighted by Gasteiger charge is -2.18. The number of esters is 1. The summed E-state index contributed by atoms with van der Waals surface area (Å²) in [5, 5.41) is 9.61. The van der Waals surface area contributed by atoms with Crippen molar-refractivity contribution in [2.24, 2.45) is 0 Å². The molecule has 3 nitrogen and oxygen atoms in total. The third-order valence-electron chi connectivity index (χ3n) is 2.29. The molecule has 14 heavy (non-hydrogen) atoms. The second kappa shape index (κ2) is 4.96. The standard InChI is InChI=1S/C11H16O3/c1-3-4-8-7-9(11(13)14-2)5-6-10(8)12/h5,7,10,12H,3-4,6H2,1-2H3. The summed E-state index contributed by atoms with van der Waals surface area (Å²) in [7, 11) is 1.36. The molecule has 1 aliphatic rings. The van der Waals surface area contributed by atoms with Crippen molar-refractivity contribution in [2.75, 3.05) is 7.11 Å². The molecule has 0 aromatic rings. The summed E-state index contributed by atoms with van der Waals surface area (Å²) in [6.45, 7) is 2.05. The maximum absolute atomic E-state index is 11.2. The summed E-state index contributed by atoms with van der Waals surface area (Å²) in [5.41, 5.74) is 1.48. The fraction of sp³-hybridized carbons (Fsp3) is 0.545. The minimum absolute atomic E-state index is 0.328. The normalized spacial score (nSPS) is 21.2. The second-order valence-corrected chi connectivity index (χ2v) is 3.37. The molecule has 1 N–H and O–H groups in total. The number of hydrogen-bond acceptors (Lipinski definition) is 3. The van der Waals surface area contributed by atoms with E-state index in [-0.39, 0.29) is 5.97 Å². The number of aliphatic hydroxyl groups excluding tert-OH is 1. The van der Waals surface area contributed by atoms with Gasteiger partial charge in [-0.1, -0.05) is 19.4 Å². The predicted octanol–water partition coefficient (Wildman–Crippen LogP) is 1.58. The van der Waals surface area contributed by atoms with E-state index in [1.165, 1.54) is 7.11 Å². The lowest BCUT2D eigenvalue weighted by molar-refractivity contribution is -0.135. The van der Waals surface area contributed by atoms with E-state index < -0.39 is 6.10 Å². The van der Waals surface area contributed by atoms with Crippen LogP contribution in [0.3, 0.4) is 0 Å². The Labute approximate surface area is 84.1 Å². The molecule has 78 valence electrons. The number of rotatable bonds is 3. The summed E-state index contributed by atoms with van der Waals surface area (Å²) in [6.07, 6.45) is 5.34. The Bertz CT molecular complexity index is 276. The number of carbonyl (C=O) groups excluding carboxylic acids is 1. The van der Waals surface area contributed by atoms with Crippen molar-refractivity contribution in [2.45, 2.75) is 32.3 Å². The predicted molar refractivity (Wildman–Crippen MR) is 53.7 cm³/mol. The van der Waals surface area contributed by atoms with E-state index in [1.54, 1.807) is 12.2 Å². The molecule has 0 amide bonds. The van der Waals surface area contributed by atoms with Crippen LogP contribution in [-0.4, -0.2) is 24.3 Å². The molecule has 0 bridgehead atoms. The Morgan fingerprint density at radius 3 is 3.00 bits per heavy atom. The van der Waals surface area contributed by atoms with Crippen LogP contribution >= 0.6 is 0 Å². The molecule has 1 unspecified atom stereocenters. The SMILES string of the molecule is CCCC1=CC(C(=O)OC)=CCC1O. The zero-order chi connectivity index (χ0) is 10.6. The van der Waals surface area contributed by atoms with Gasteiger partial charge in [-0.15, -0.1) is 0 Å². The molecule has 1 atom stereocenters. The average Bonchev–Trinajstić information content (AvgIpc) is 2.20. The van der Waals surface area contributed by atoms with Gasteiger partial charge >= 0.3 is 5.97 Å². The van der Waals surface area contributed by atoms with Gasteiger partial charge in [0.2, 0.25) is 0 Å². The van der Waals surface area contributed by atoms with Crippen LogP contribution in [0.4, 0.5) is 0 Å². The zero-order valence-corrected chi connectivity index (χ0v) is 8.62. The molecule has 0 aromatic heterocycles. The van der Waals surface area contributed by atoms with E-state index in [0.29, 0.717) is 12.0 Å². The minimum Gasteiger partial charge on any atom is -0.465 e. The molecule has 0 radical (unpaired) electrons. The smallest absolute Gasteiger partial charge is 0.337 e. The maximum Gasteiger partial charge on any atom is 0.337 e. The van der Waals surface area contributed by atoms with Crippen molar-refractivity contribution in [3.63, 3.8) is 0 Å². The Hall–Kier alpha value is -1.09. The maximum atomic E-state index is 11.2. The van der Waals surface area contributed by atoms with Gasteiger partial charge < -0.3 is 9.84 Å². The van der Waals surface area contributed by atoms with E-state index in [2.05, 4.69) is 4.74 Å².